The van der Waals surface area contributed by atoms with Crippen molar-refractivity contribution in [3.8, 4) is 0 Å². The quantitative estimate of drug-likeness (QED) is 0.838. The van der Waals surface area contributed by atoms with Crippen molar-refractivity contribution >= 4 is 11.8 Å². The molecule has 0 aromatic heterocycles. The standard InChI is InChI=1S/C16H32N2S/c1-12(2)14-9-17-15(16(3,4)5)10-18(14)13-7-6-8-19-11-13/h12-15,17H,6-11H2,1-5H3. The molecule has 2 heterocycles. The smallest absolute Gasteiger partial charge is 0.0247 e. The lowest BCUT2D eigenvalue weighted by atomic mass is 9.83. The first-order chi connectivity index (χ1) is 8.89. The van der Waals surface area contributed by atoms with Crippen LogP contribution in [0.25, 0.3) is 0 Å². The van der Waals surface area contributed by atoms with Crippen LogP contribution >= 0.6 is 11.8 Å². The molecule has 1 N–H and O–H groups in total. The summed E-state index contributed by atoms with van der Waals surface area (Å²) >= 11 is 2.16. The van der Waals surface area contributed by atoms with Gasteiger partial charge in [0.15, 0.2) is 0 Å². The summed E-state index contributed by atoms with van der Waals surface area (Å²) < 4.78 is 0. The van der Waals surface area contributed by atoms with Gasteiger partial charge in [-0.3, -0.25) is 4.90 Å². The summed E-state index contributed by atoms with van der Waals surface area (Å²) in [7, 11) is 0. The van der Waals surface area contributed by atoms with E-state index in [0.717, 1.165) is 18.0 Å². The summed E-state index contributed by atoms with van der Waals surface area (Å²) in [4.78, 5) is 2.85. The van der Waals surface area contributed by atoms with E-state index in [2.05, 4.69) is 56.6 Å². The topological polar surface area (TPSA) is 15.3 Å². The van der Waals surface area contributed by atoms with Crippen molar-refractivity contribution in [1.82, 2.24) is 10.2 Å². The van der Waals surface area contributed by atoms with Crippen LogP contribution in [0.1, 0.15) is 47.5 Å². The van der Waals surface area contributed by atoms with E-state index >= 15 is 0 Å². The zero-order valence-corrected chi connectivity index (χ0v) is 14.2. The molecule has 2 aliphatic heterocycles. The Morgan fingerprint density at radius 3 is 2.53 bits per heavy atom. The SMILES string of the molecule is CC(C)C1CNC(C(C)(C)C)CN1C1CCCSC1. The molecule has 0 aliphatic carbocycles. The van der Waals surface area contributed by atoms with Gasteiger partial charge in [0.1, 0.15) is 0 Å². The minimum atomic E-state index is 0.363. The van der Waals surface area contributed by atoms with Gasteiger partial charge in [-0.25, -0.2) is 0 Å². The van der Waals surface area contributed by atoms with Crippen molar-refractivity contribution in [3.63, 3.8) is 0 Å². The van der Waals surface area contributed by atoms with E-state index in [1.54, 1.807) is 0 Å². The lowest BCUT2D eigenvalue weighted by Gasteiger charge is -2.50. The molecule has 3 heteroatoms. The molecule has 112 valence electrons. The van der Waals surface area contributed by atoms with Gasteiger partial charge in [-0.2, -0.15) is 11.8 Å². The largest absolute Gasteiger partial charge is 0.311 e. The Bertz CT molecular complexity index is 279. The fraction of sp³-hybridized carbons (Fsp3) is 1.00. The molecule has 2 fully saturated rings. The lowest BCUT2D eigenvalue weighted by Crippen LogP contribution is -2.64. The highest BCUT2D eigenvalue weighted by Crippen LogP contribution is 2.30. The molecule has 0 saturated carbocycles. The van der Waals surface area contributed by atoms with Crippen molar-refractivity contribution in [2.45, 2.75) is 65.6 Å². The first-order valence-corrected chi connectivity index (χ1v) is 9.12. The Labute approximate surface area is 124 Å². The van der Waals surface area contributed by atoms with Crippen LogP contribution in [-0.4, -0.2) is 47.6 Å². The maximum Gasteiger partial charge on any atom is 0.0247 e. The summed E-state index contributed by atoms with van der Waals surface area (Å²) in [6, 6.07) is 2.18. The fourth-order valence-corrected chi connectivity index (χ4v) is 4.56. The molecule has 0 amide bonds. The van der Waals surface area contributed by atoms with Gasteiger partial charge in [-0.1, -0.05) is 34.6 Å². The van der Waals surface area contributed by atoms with Gasteiger partial charge >= 0.3 is 0 Å². The van der Waals surface area contributed by atoms with E-state index in [9.17, 15) is 0 Å². The van der Waals surface area contributed by atoms with E-state index < -0.39 is 0 Å². The first kappa shape index (κ1) is 15.7. The monoisotopic (exact) mass is 284 g/mol. The van der Waals surface area contributed by atoms with Gasteiger partial charge in [-0.15, -0.1) is 0 Å². The zero-order chi connectivity index (χ0) is 14.0. The molecule has 0 radical (unpaired) electrons. The van der Waals surface area contributed by atoms with Crippen LogP contribution in [0.3, 0.4) is 0 Å². The predicted octanol–water partition coefficient (Wildman–Crippen LogP) is 3.23. The number of rotatable bonds is 2. The van der Waals surface area contributed by atoms with Crippen molar-refractivity contribution in [1.29, 1.82) is 0 Å². The minimum absolute atomic E-state index is 0.363. The Morgan fingerprint density at radius 1 is 1.26 bits per heavy atom. The van der Waals surface area contributed by atoms with Gasteiger partial charge in [0, 0.05) is 37.0 Å². The first-order valence-electron chi connectivity index (χ1n) is 7.96. The van der Waals surface area contributed by atoms with Crippen molar-refractivity contribution in [2.24, 2.45) is 11.3 Å². The van der Waals surface area contributed by atoms with Crippen LogP contribution < -0.4 is 5.32 Å². The molecular weight excluding hydrogens is 252 g/mol. The number of nitrogens with one attached hydrogen (secondary N) is 1. The van der Waals surface area contributed by atoms with Gasteiger partial charge in [-0.05, 0) is 29.9 Å². The number of thioether (sulfide) groups is 1. The Kier molecular flexibility index (Phi) is 5.24. The summed E-state index contributed by atoms with van der Waals surface area (Å²) in [6.07, 6.45) is 2.82. The Hall–Kier alpha value is 0.270. The fourth-order valence-electron chi connectivity index (χ4n) is 3.39. The maximum atomic E-state index is 3.81. The van der Waals surface area contributed by atoms with E-state index in [1.807, 2.05) is 0 Å². The Balaban J connectivity index is 2.08. The maximum absolute atomic E-state index is 3.81. The van der Waals surface area contributed by atoms with Crippen molar-refractivity contribution in [3.05, 3.63) is 0 Å². The van der Waals surface area contributed by atoms with Crippen molar-refractivity contribution in [2.75, 3.05) is 24.6 Å². The van der Waals surface area contributed by atoms with Crippen LogP contribution in [0.4, 0.5) is 0 Å². The molecule has 2 rings (SSSR count). The zero-order valence-electron chi connectivity index (χ0n) is 13.4. The second kappa shape index (κ2) is 6.36. The van der Waals surface area contributed by atoms with Crippen LogP contribution in [0.5, 0.6) is 0 Å². The van der Waals surface area contributed by atoms with Crippen LogP contribution in [0.2, 0.25) is 0 Å². The van der Waals surface area contributed by atoms with Gasteiger partial charge < -0.3 is 5.32 Å². The summed E-state index contributed by atoms with van der Waals surface area (Å²) in [6.45, 7) is 14.3. The molecule has 0 aromatic carbocycles. The summed E-state index contributed by atoms with van der Waals surface area (Å²) in [5.41, 5.74) is 0.363. The Morgan fingerprint density at radius 2 is 2.00 bits per heavy atom. The van der Waals surface area contributed by atoms with Crippen LogP contribution in [-0.2, 0) is 0 Å². The van der Waals surface area contributed by atoms with E-state index in [1.165, 1.54) is 37.4 Å². The molecule has 2 saturated heterocycles. The van der Waals surface area contributed by atoms with Crippen molar-refractivity contribution < 1.29 is 0 Å². The van der Waals surface area contributed by atoms with E-state index in [-0.39, 0.29) is 0 Å². The molecule has 0 aromatic rings. The molecule has 0 bridgehead atoms. The van der Waals surface area contributed by atoms with Crippen LogP contribution in [0.15, 0.2) is 0 Å². The normalized spacial score (nSPS) is 34.7. The minimum Gasteiger partial charge on any atom is -0.311 e. The molecule has 0 spiro atoms. The molecule has 19 heavy (non-hydrogen) atoms. The highest BCUT2D eigenvalue weighted by Gasteiger charge is 2.38. The number of hydrogen-bond acceptors (Lipinski definition) is 3. The second-order valence-electron chi connectivity index (χ2n) is 7.71. The van der Waals surface area contributed by atoms with E-state index in [0.29, 0.717) is 11.5 Å². The third-order valence-corrected chi connectivity index (χ3v) is 6.01. The molecule has 2 aliphatic rings. The number of piperazine rings is 1. The summed E-state index contributed by atoms with van der Waals surface area (Å²) in [5, 5.41) is 3.81. The van der Waals surface area contributed by atoms with Crippen LogP contribution in [0, 0.1) is 11.3 Å². The third-order valence-electron chi connectivity index (χ3n) is 4.81. The van der Waals surface area contributed by atoms with Gasteiger partial charge in [0.2, 0.25) is 0 Å². The highest BCUT2D eigenvalue weighted by atomic mass is 32.2. The van der Waals surface area contributed by atoms with E-state index in [4.69, 9.17) is 0 Å². The lowest BCUT2D eigenvalue weighted by molar-refractivity contribution is 0.0324. The molecule has 3 atom stereocenters. The number of hydrogen-bond donors (Lipinski definition) is 1. The number of nitrogens with zero attached hydrogens (tertiary/aromatic N) is 1. The predicted molar refractivity (Wildman–Crippen MR) is 86.9 cm³/mol. The molecular formula is C16H32N2S. The van der Waals surface area contributed by atoms with Gasteiger partial charge in [0.05, 0.1) is 0 Å². The average Bonchev–Trinajstić information content (AvgIpc) is 2.38. The molecule has 2 nitrogen and oxygen atoms in total. The third kappa shape index (κ3) is 3.89. The summed E-state index contributed by atoms with van der Waals surface area (Å²) in [5.74, 6) is 3.47. The highest BCUT2D eigenvalue weighted by molar-refractivity contribution is 7.99. The molecule has 3 unspecified atom stereocenters. The second-order valence-corrected chi connectivity index (χ2v) is 8.86. The van der Waals surface area contributed by atoms with Gasteiger partial charge in [0.25, 0.3) is 0 Å². The average molecular weight is 285 g/mol.